The Hall–Kier alpha value is -2.44. The first-order valence-electron chi connectivity index (χ1n) is 7.30. The third-order valence-electron chi connectivity index (χ3n) is 3.49. The van der Waals surface area contributed by atoms with Crippen LogP contribution in [0.5, 0.6) is 0 Å². The van der Waals surface area contributed by atoms with Gasteiger partial charge in [-0.3, -0.25) is 0 Å². The third-order valence-corrected chi connectivity index (χ3v) is 4.80. The van der Waals surface area contributed by atoms with Gasteiger partial charge >= 0.3 is 0 Å². The van der Waals surface area contributed by atoms with Gasteiger partial charge in [0, 0.05) is 10.8 Å². The number of benzene rings is 2. The summed E-state index contributed by atoms with van der Waals surface area (Å²) in [5.74, 6) is 0.779. The van der Waals surface area contributed by atoms with Crippen molar-refractivity contribution < 1.29 is 0 Å². The van der Waals surface area contributed by atoms with Crippen LogP contribution < -0.4 is 0 Å². The predicted molar refractivity (Wildman–Crippen MR) is 95.5 cm³/mol. The maximum atomic E-state index is 5.92. The standard InChI is InChI=1S/C17H12ClN5S/c18-13-8-6-12(7-9-13)10-24-17-15-16(19-11-20-17)23(22-21-15)14-4-2-1-3-5-14/h1-9,11H,10H2. The predicted octanol–water partition coefficient (Wildman–Crippen LogP) is 4.16. The van der Waals surface area contributed by atoms with E-state index in [1.807, 2.05) is 54.6 Å². The second-order valence-electron chi connectivity index (χ2n) is 5.10. The Morgan fingerprint density at radius 1 is 0.958 bits per heavy atom. The summed E-state index contributed by atoms with van der Waals surface area (Å²) in [7, 11) is 0. The normalized spacial score (nSPS) is 11.0. The second-order valence-corrected chi connectivity index (χ2v) is 6.50. The molecule has 2 aromatic carbocycles. The molecule has 0 fully saturated rings. The van der Waals surface area contributed by atoms with Crippen LogP contribution in [0.3, 0.4) is 0 Å². The first-order chi connectivity index (χ1) is 11.8. The van der Waals surface area contributed by atoms with Crippen molar-refractivity contribution in [1.82, 2.24) is 25.0 Å². The number of halogens is 1. The minimum atomic E-state index is 0.704. The van der Waals surface area contributed by atoms with Gasteiger partial charge in [0.2, 0.25) is 0 Å². The fraction of sp³-hybridized carbons (Fsp3) is 0.0588. The van der Waals surface area contributed by atoms with E-state index in [0.717, 1.165) is 21.5 Å². The van der Waals surface area contributed by atoms with Gasteiger partial charge in [0.1, 0.15) is 11.4 Å². The maximum absolute atomic E-state index is 5.92. The lowest BCUT2D eigenvalue weighted by Gasteiger charge is -2.03. The summed E-state index contributed by atoms with van der Waals surface area (Å²) in [5.41, 5.74) is 3.51. The molecule has 0 saturated carbocycles. The molecule has 118 valence electrons. The summed E-state index contributed by atoms with van der Waals surface area (Å²) >= 11 is 7.53. The first kappa shape index (κ1) is 15.1. The van der Waals surface area contributed by atoms with E-state index in [2.05, 4.69) is 20.3 Å². The molecule has 0 aliphatic heterocycles. The third kappa shape index (κ3) is 2.98. The van der Waals surface area contributed by atoms with Gasteiger partial charge in [-0.15, -0.1) is 5.10 Å². The Morgan fingerprint density at radius 3 is 2.54 bits per heavy atom. The molecule has 2 heterocycles. The lowest BCUT2D eigenvalue weighted by Crippen LogP contribution is -1.97. The van der Waals surface area contributed by atoms with Crippen molar-refractivity contribution in [2.24, 2.45) is 0 Å². The average Bonchev–Trinajstić information content (AvgIpc) is 3.07. The van der Waals surface area contributed by atoms with Crippen LogP contribution in [-0.4, -0.2) is 25.0 Å². The zero-order valence-electron chi connectivity index (χ0n) is 12.5. The van der Waals surface area contributed by atoms with Gasteiger partial charge in [0.25, 0.3) is 0 Å². The molecule has 0 saturated heterocycles. The minimum Gasteiger partial charge on any atom is -0.227 e. The highest BCUT2D eigenvalue weighted by molar-refractivity contribution is 7.98. The van der Waals surface area contributed by atoms with Gasteiger partial charge in [0.15, 0.2) is 11.2 Å². The molecule has 0 N–H and O–H groups in total. The fourth-order valence-electron chi connectivity index (χ4n) is 2.31. The van der Waals surface area contributed by atoms with E-state index in [9.17, 15) is 0 Å². The molecule has 4 aromatic rings. The van der Waals surface area contributed by atoms with Crippen molar-refractivity contribution in [1.29, 1.82) is 0 Å². The SMILES string of the molecule is Clc1ccc(CSc2ncnc3c2nnn3-c2ccccc2)cc1. The summed E-state index contributed by atoms with van der Waals surface area (Å²) in [6.07, 6.45) is 1.55. The quantitative estimate of drug-likeness (QED) is 0.407. The molecule has 0 atom stereocenters. The largest absolute Gasteiger partial charge is 0.227 e. The van der Waals surface area contributed by atoms with Crippen LogP contribution in [0.1, 0.15) is 5.56 Å². The van der Waals surface area contributed by atoms with Gasteiger partial charge in [-0.1, -0.05) is 58.9 Å². The fourth-order valence-corrected chi connectivity index (χ4v) is 3.32. The lowest BCUT2D eigenvalue weighted by atomic mass is 10.2. The number of hydrogen-bond donors (Lipinski definition) is 0. The van der Waals surface area contributed by atoms with Crippen LogP contribution in [0.2, 0.25) is 5.02 Å². The molecule has 0 aliphatic carbocycles. The lowest BCUT2D eigenvalue weighted by molar-refractivity contribution is 0.817. The van der Waals surface area contributed by atoms with Crippen molar-refractivity contribution in [3.63, 3.8) is 0 Å². The van der Waals surface area contributed by atoms with Crippen molar-refractivity contribution >= 4 is 34.5 Å². The van der Waals surface area contributed by atoms with Crippen LogP contribution in [0.15, 0.2) is 66.0 Å². The van der Waals surface area contributed by atoms with Gasteiger partial charge < -0.3 is 0 Å². The van der Waals surface area contributed by atoms with E-state index in [4.69, 9.17) is 11.6 Å². The minimum absolute atomic E-state index is 0.704. The van der Waals surface area contributed by atoms with Crippen molar-refractivity contribution in [2.45, 2.75) is 10.8 Å². The van der Waals surface area contributed by atoms with E-state index in [1.54, 1.807) is 22.8 Å². The molecule has 0 unspecified atom stereocenters. The molecule has 4 rings (SSSR count). The number of thioether (sulfide) groups is 1. The number of rotatable bonds is 4. The molecule has 0 bridgehead atoms. The van der Waals surface area contributed by atoms with E-state index in [0.29, 0.717) is 11.2 Å². The van der Waals surface area contributed by atoms with Crippen molar-refractivity contribution in [3.8, 4) is 5.69 Å². The van der Waals surface area contributed by atoms with Crippen molar-refractivity contribution in [2.75, 3.05) is 0 Å². The highest BCUT2D eigenvalue weighted by Gasteiger charge is 2.13. The van der Waals surface area contributed by atoms with Crippen LogP contribution in [0.25, 0.3) is 16.9 Å². The van der Waals surface area contributed by atoms with E-state index < -0.39 is 0 Å². The highest BCUT2D eigenvalue weighted by atomic mass is 35.5. The number of para-hydroxylation sites is 1. The summed E-state index contributed by atoms with van der Waals surface area (Å²) in [6.45, 7) is 0. The highest BCUT2D eigenvalue weighted by Crippen LogP contribution is 2.27. The Balaban J connectivity index is 1.65. The summed E-state index contributed by atoms with van der Waals surface area (Å²) < 4.78 is 1.73. The zero-order chi connectivity index (χ0) is 16.4. The van der Waals surface area contributed by atoms with E-state index in [-0.39, 0.29) is 0 Å². The van der Waals surface area contributed by atoms with E-state index >= 15 is 0 Å². The van der Waals surface area contributed by atoms with Gasteiger partial charge in [-0.25, -0.2) is 9.97 Å². The number of hydrogen-bond acceptors (Lipinski definition) is 5. The topological polar surface area (TPSA) is 56.5 Å². The van der Waals surface area contributed by atoms with Crippen molar-refractivity contribution in [3.05, 3.63) is 71.5 Å². The molecule has 24 heavy (non-hydrogen) atoms. The van der Waals surface area contributed by atoms with Gasteiger partial charge in [-0.05, 0) is 29.8 Å². The van der Waals surface area contributed by atoms with Crippen LogP contribution in [-0.2, 0) is 5.75 Å². The average molecular weight is 354 g/mol. The summed E-state index contributed by atoms with van der Waals surface area (Å²) in [6, 6.07) is 17.6. The maximum Gasteiger partial charge on any atom is 0.187 e. The molecule has 5 nitrogen and oxygen atoms in total. The Kier molecular flexibility index (Phi) is 4.15. The van der Waals surface area contributed by atoms with Crippen LogP contribution >= 0.6 is 23.4 Å². The number of fused-ring (bicyclic) bond motifs is 1. The molecule has 2 aromatic heterocycles. The van der Waals surface area contributed by atoms with E-state index in [1.165, 1.54) is 5.56 Å². The molecule has 0 amide bonds. The molecule has 0 radical (unpaired) electrons. The second kappa shape index (κ2) is 6.59. The molecule has 7 heteroatoms. The van der Waals surface area contributed by atoms with Gasteiger partial charge in [0.05, 0.1) is 5.69 Å². The summed E-state index contributed by atoms with van der Waals surface area (Å²) in [5, 5.41) is 10.0. The number of nitrogens with zero attached hydrogens (tertiary/aromatic N) is 5. The molecular weight excluding hydrogens is 342 g/mol. The molecule has 0 spiro atoms. The monoisotopic (exact) mass is 353 g/mol. The van der Waals surface area contributed by atoms with Crippen LogP contribution in [0, 0.1) is 0 Å². The summed E-state index contributed by atoms with van der Waals surface area (Å²) in [4.78, 5) is 8.70. The smallest absolute Gasteiger partial charge is 0.187 e. The zero-order valence-corrected chi connectivity index (χ0v) is 14.1. The number of aromatic nitrogens is 5. The Morgan fingerprint density at radius 2 is 1.75 bits per heavy atom. The first-order valence-corrected chi connectivity index (χ1v) is 8.67. The molecule has 0 aliphatic rings. The van der Waals surface area contributed by atoms with Crippen LogP contribution in [0.4, 0.5) is 0 Å². The Labute approximate surface area is 147 Å². The molecular formula is C17H12ClN5S. The van der Waals surface area contributed by atoms with Gasteiger partial charge in [-0.2, -0.15) is 4.68 Å². The Bertz CT molecular complexity index is 969.